The van der Waals surface area contributed by atoms with Crippen molar-refractivity contribution in [3.05, 3.63) is 163 Å². The van der Waals surface area contributed by atoms with E-state index in [9.17, 15) is 0 Å². The predicted octanol–water partition coefficient (Wildman–Crippen LogP) is 8.26. The van der Waals surface area contributed by atoms with E-state index in [-0.39, 0.29) is 20.1 Å². The second-order valence-corrected chi connectivity index (χ2v) is 8.37. The molecule has 0 bridgehead atoms. The first kappa shape index (κ1) is 29.3. The zero-order chi connectivity index (χ0) is 26.4. The number of aryl methyl sites for hydroxylation is 2. The maximum atomic E-state index is 4.41. The van der Waals surface area contributed by atoms with E-state index in [1.807, 2.05) is 141 Å². The SMILES string of the molecule is Cc1cccc(-c2[c-]cccc2)n1.Cc1cccc(-c2[c-]cccc2)n1.[Ir+3].[c-]1ccccc1-c1ccccn1. The fourth-order valence-electron chi connectivity index (χ4n) is 3.57. The second kappa shape index (κ2) is 15.9. The predicted molar refractivity (Wildman–Crippen MR) is 155 cm³/mol. The number of pyridine rings is 3. The van der Waals surface area contributed by atoms with Crippen LogP contribution in [0.5, 0.6) is 0 Å². The molecule has 192 valence electrons. The Kier molecular flexibility index (Phi) is 11.9. The van der Waals surface area contributed by atoms with Crippen LogP contribution in [0.4, 0.5) is 0 Å². The van der Waals surface area contributed by atoms with Crippen LogP contribution in [0, 0.1) is 32.0 Å². The summed E-state index contributed by atoms with van der Waals surface area (Å²) in [7, 11) is 0. The van der Waals surface area contributed by atoms with Gasteiger partial charge in [0.2, 0.25) is 0 Å². The molecule has 3 aromatic heterocycles. The minimum atomic E-state index is 0. The maximum Gasteiger partial charge on any atom is 3.00 e. The quantitative estimate of drug-likeness (QED) is 0.177. The van der Waals surface area contributed by atoms with Gasteiger partial charge < -0.3 is 15.0 Å². The fraction of sp³-hybridized carbons (Fsp3) is 0.0571. The average molecular weight is 683 g/mol. The molecular weight excluding hydrogens is 655 g/mol. The van der Waals surface area contributed by atoms with Gasteiger partial charge in [0, 0.05) is 17.6 Å². The first-order chi connectivity index (χ1) is 18.7. The Hall–Kier alpha value is -4.24. The summed E-state index contributed by atoms with van der Waals surface area (Å²) in [5.74, 6) is 0. The Morgan fingerprint density at radius 2 is 0.846 bits per heavy atom. The van der Waals surface area contributed by atoms with Gasteiger partial charge in [-0.1, -0.05) is 36.4 Å². The van der Waals surface area contributed by atoms with E-state index in [2.05, 4.69) is 33.2 Å². The van der Waals surface area contributed by atoms with E-state index in [1.54, 1.807) is 6.20 Å². The molecule has 3 heterocycles. The van der Waals surface area contributed by atoms with Crippen LogP contribution in [0.3, 0.4) is 0 Å². The minimum absolute atomic E-state index is 0. The van der Waals surface area contributed by atoms with Crippen LogP contribution in [0.2, 0.25) is 0 Å². The van der Waals surface area contributed by atoms with Crippen LogP contribution in [-0.2, 0) is 20.1 Å². The second-order valence-electron chi connectivity index (χ2n) is 8.37. The molecule has 3 nitrogen and oxygen atoms in total. The third-order valence-electron chi connectivity index (χ3n) is 5.40. The number of benzene rings is 3. The first-order valence-corrected chi connectivity index (χ1v) is 12.4. The minimum Gasteiger partial charge on any atom is -0.305 e. The van der Waals surface area contributed by atoms with Crippen LogP contribution in [-0.4, -0.2) is 15.0 Å². The molecule has 0 N–H and O–H groups in total. The van der Waals surface area contributed by atoms with Crippen LogP contribution in [0.25, 0.3) is 33.8 Å². The first-order valence-electron chi connectivity index (χ1n) is 12.4. The zero-order valence-electron chi connectivity index (χ0n) is 21.9. The van der Waals surface area contributed by atoms with Gasteiger partial charge >= 0.3 is 20.1 Å². The molecular formula is C35H28IrN3. The summed E-state index contributed by atoms with van der Waals surface area (Å²) < 4.78 is 0. The number of hydrogen-bond acceptors (Lipinski definition) is 3. The molecule has 0 spiro atoms. The largest absolute Gasteiger partial charge is 3.00 e. The molecule has 6 rings (SSSR count). The molecule has 3 aromatic carbocycles. The Morgan fingerprint density at radius 1 is 0.436 bits per heavy atom. The van der Waals surface area contributed by atoms with Gasteiger partial charge in [0.1, 0.15) is 0 Å². The molecule has 0 unspecified atom stereocenters. The van der Waals surface area contributed by atoms with Crippen molar-refractivity contribution in [1.82, 2.24) is 15.0 Å². The van der Waals surface area contributed by atoms with Gasteiger partial charge in [-0.2, -0.15) is 0 Å². The van der Waals surface area contributed by atoms with Crippen molar-refractivity contribution in [2.75, 3.05) is 0 Å². The summed E-state index contributed by atoms with van der Waals surface area (Å²) in [6, 6.07) is 50.9. The van der Waals surface area contributed by atoms with Crippen LogP contribution >= 0.6 is 0 Å². The van der Waals surface area contributed by atoms with Gasteiger partial charge in [-0.15, -0.1) is 108 Å². The monoisotopic (exact) mass is 683 g/mol. The summed E-state index contributed by atoms with van der Waals surface area (Å²) in [5.41, 5.74) is 8.15. The summed E-state index contributed by atoms with van der Waals surface area (Å²) >= 11 is 0. The van der Waals surface area contributed by atoms with E-state index >= 15 is 0 Å². The summed E-state index contributed by atoms with van der Waals surface area (Å²) in [5, 5.41) is 0. The molecule has 0 fully saturated rings. The standard InChI is InChI=1S/2C12H10N.C11H8N.Ir/c2*1-10-6-5-9-12(13-10)11-7-3-2-4-8-11;1-2-6-10(7-3-1)11-8-4-5-9-12-11;/h2*2-7,9H,1H3;1-6,8-9H;/q3*-1;+3. The Balaban J connectivity index is 0.000000160. The fourth-order valence-corrected chi connectivity index (χ4v) is 3.57. The van der Waals surface area contributed by atoms with Crippen molar-refractivity contribution in [2.45, 2.75) is 13.8 Å². The summed E-state index contributed by atoms with van der Waals surface area (Å²) in [6.45, 7) is 3.98. The average Bonchev–Trinajstić information content (AvgIpc) is 3.00. The van der Waals surface area contributed by atoms with E-state index in [0.717, 1.165) is 45.2 Å². The van der Waals surface area contributed by atoms with Crippen molar-refractivity contribution in [3.8, 4) is 33.8 Å². The van der Waals surface area contributed by atoms with Crippen molar-refractivity contribution in [3.63, 3.8) is 0 Å². The molecule has 4 heteroatoms. The topological polar surface area (TPSA) is 38.7 Å². The normalized spacial score (nSPS) is 9.59. The van der Waals surface area contributed by atoms with Crippen molar-refractivity contribution in [2.24, 2.45) is 0 Å². The molecule has 6 aromatic rings. The van der Waals surface area contributed by atoms with Crippen molar-refractivity contribution < 1.29 is 20.1 Å². The number of hydrogen-bond donors (Lipinski definition) is 0. The van der Waals surface area contributed by atoms with Gasteiger partial charge in [-0.05, 0) is 49.1 Å². The molecule has 0 atom stereocenters. The van der Waals surface area contributed by atoms with Crippen LogP contribution in [0.1, 0.15) is 11.4 Å². The molecule has 0 saturated heterocycles. The van der Waals surface area contributed by atoms with E-state index in [4.69, 9.17) is 0 Å². The molecule has 0 aliphatic heterocycles. The van der Waals surface area contributed by atoms with Gasteiger partial charge in [-0.3, -0.25) is 0 Å². The number of nitrogens with zero attached hydrogens (tertiary/aromatic N) is 3. The Labute approximate surface area is 245 Å². The van der Waals surface area contributed by atoms with Gasteiger partial charge in [-0.25, -0.2) is 0 Å². The third kappa shape index (κ3) is 9.54. The van der Waals surface area contributed by atoms with Crippen molar-refractivity contribution in [1.29, 1.82) is 0 Å². The molecule has 0 aliphatic rings. The van der Waals surface area contributed by atoms with Crippen LogP contribution in [0.15, 0.2) is 134 Å². The van der Waals surface area contributed by atoms with Crippen LogP contribution < -0.4 is 0 Å². The maximum absolute atomic E-state index is 4.41. The van der Waals surface area contributed by atoms with E-state index in [0.29, 0.717) is 0 Å². The third-order valence-corrected chi connectivity index (χ3v) is 5.40. The van der Waals surface area contributed by atoms with Crippen molar-refractivity contribution >= 4 is 0 Å². The molecule has 39 heavy (non-hydrogen) atoms. The number of rotatable bonds is 3. The number of aromatic nitrogens is 3. The molecule has 0 amide bonds. The van der Waals surface area contributed by atoms with Gasteiger partial charge in [0.15, 0.2) is 0 Å². The smallest absolute Gasteiger partial charge is 0.305 e. The molecule has 0 aliphatic carbocycles. The molecule has 0 radical (unpaired) electrons. The van der Waals surface area contributed by atoms with E-state index in [1.165, 1.54) is 0 Å². The summed E-state index contributed by atoms with van der Waals surface area (Å²) in [6.07, 6.45) is 1.79. The Morgan fingerprint density at radius 3 is 1.21 bits per heavy atom. The Bertz CT molecular complexity index is 1390. The molecule has 0 saturated carbocycles. The van der Waals surface area contributed by atoms with Gasteiger partial charge in [0.05, 0.1) is 0 Å². The van der Waals surface area contributed by atoms with E-state index < -0.39 is 0 Å². The zero-order valence-corrected chi connectivity index (χ0v) is 24.3. The van der Waals surface area contributed by atoms with Gasteiger partial charge in [0.25, 0.3) is 0 Å². The summed E-state index contributed by atoms with van der Waals surface area (Å²) in [4.78, 5) is 13.0.